The van der Waals surface area contributed by atoms with Crippen molar-refractivity contribution in [1.82, 2.24) is 0 Å². The van der Waals surface area contributed by atoms with Crippen LogP contribution in [-0.2, 0) is 19.1 Å². The lowest BCUT2D eigenvalue weighted by molar-refractivity contribution is -0.139. The van der Waals surface area contributed by atoms with Gasteiger partial charge in [0.05, 0.1) is 35.5 Å². The van der Waals surface area contributed by atoms with Crippen molar-refractivity contribution in [2.75, 3.05) is 36.9 Å². The molecule has 1 aliphatic carbocycles. The first kappa shape index (κ1) is 29.9. The van der Waals surface area contributed by atoms with E-state index >= 15 is 0 Å². The van der Waals surface area contributed by atoms with E-state index in [1.165, 1.54) is 12.1 Å². The van der Waals surface area contributed by atoms with Crippen molar-refractivity contribution in [3.05, 3.63) is 70.8 Å². The smallest absolute Gasteiger partial charge is 0.333 e. The summed E-state index contributed by atoms with van der Waals surface area (Å²) in [4.78, 5) is 50.2. The Morgan fingerprint density at radius 3 is 1.40 bits per heavy atom. The molecule has 0 amide bonds. The zero-order chi connectivity index (χ0) is 29.4. The number of ketones is 2. The van der Waals surface area contributed by atoms with Crippen molar-refractivity contribution in [2.24, 2.45) is 0 Å². The molecular weight excluding hydrogens is 516 g/mol. The monoisotopic (exact) mass is 550 g/mol. The molecule has 0 atom stereocenters. The molecule has 1 aliphatic rings. The Bertz CT molecular complexity index is 1260. The second kappa shape index (κ2) is 13.5. The van der Waals surface area contributed by atoms with E-state index in [2.05, 4.69) is 23.8 Å². The first-order valence-electron chi connectivity index (χ1n) is 13.0. The maximum absolute atomic E-state index is 13.6. The van der Waals surface area contributed by atoms with Crippen molar-refractivity contribution in [3.8, 4) is 11.5 Å². The SMILES string of the molecule is C=C(C)C(=O)OCCCCNc1ccc(NCCCCOC(=O)C(=C)C)c2c1C(=O)c1c(O)ccc(O)c1C2=O. The highest BCUT2D eigenvalue weighted by atomic mass is 16.5. The average Bonchev–Trinajstić information content (AvgIpc) is 2.91. The third kappa shape index (κ3) is 6.88. The number of carbonyl (C=O) groups is 4. The van der Waals surface area contributed by atoms with E-state index in [-0.39, 0.29) is 35.5 Å². The highest BCUT2D eigenvalue weighted by molar-refractivity contribution is 6.33. The van der Waals surface area contributed by atoms with Gasteiger partial charge in [0.25, 0.3) is 0 Å². The predicted octanol–water partition coefficient (Wildman–Crippen LogP) is 4.50. The van der Waals surface area contributed by atoms with Crippen molar-refractivity contribution < 1.29 is 38.9 Å². The van der Waals surface area contributed by atoms with Gasteiger partial charge in [-0.2, -0.15) is 0 Å². The summed E-state index contributed by atoms with van der Waals surface area (Å²) in [6, 6.07) is 5.69. The van der Waals surface area contributed by atoms with Crippen LogP contribution >= 0.6 is 0 Å². The number of benzene rings is 2. The molecule has 0 saturated carbocycles. The fourth-order valence-corrected chi connectivity index (χ4v) is 4.14. The molecule has 0 fully saturated rings. The summed E-state index contributed by atoms with van der Waals surface area (Å²) < 4.78 is 10.2. The largest absolute Gasteiger partial charge is 0.507 e. The van der Waals surface area contributed by atoms with E-state index in [1.807, 2.05) is 0 Å². The van der Waals surface area contributed by atoms with Crippen molar-refractivity contribution in [3.63, 3.8) is 0 Å². The lowest BCUT2D eigenvalue weighted by atomic mass is 9.81. The molecule has 0 unspecified atom stereocenters. The molecule has 0 spiro atoms. The van der Waals surface area contributed by atoms with E-state index in [9.17, 15) is 29.4 Å². The van der Waals surface area contributed by atoms with Crippen LogP contribution in [-0.4, -0.2) is 60.0 Å². The molecule has 0 heterocycles. The van der Waals surface area contributed by atoms with Crippen LogP contribution in [0.4, 0.5) is 11.4 Å². The molecule has 212 valence electrons. The number of fused-ring (bicyclic) bond motifs is 2. The Morgan fingerprint density at radius 2 is 1.05 bits per heavy atom. The van der Waals surface area contributed by atoms with Gasteiger partial charge in [-0.25, -0.2) is 9.59 Å². The normalized spacial score (nSPS) is 11.8. The van der Waals surface area contributed by atoms with Crippen LogP contribution < -0.4 is 10.6 Å². The number of carbonyl (C=O) groups excluding carboxylic acids is 4. The molecule has 0 radical (unpaired) electrons. The molecular formula is C30H34N2O8. The maximum atomic E-state index is 13.6. The Morgan fingerprint density at radius 1 is 0.675 bits per heavy atom. The third-order valence-electron chi connectivity index (χ3n) is 6.21. The second-order valence-electron chi connectivity index (χ2n) is 9.52. The Kier molecular flexibility index (Phi) is 10.1. The first-order chi connectivity index (χ1) is 19.0. The predicted molar refractivity (Wildman–Crippen MR) is 150 cm³/mol. The van der Waals surface area contributed by atoms with Crippen LogP contribution in [0, 0.1) is 0 Å². The van der Waals surface area contributed by atoms with Crippen LogP contribution in [0.3, 0.4) is 0 Å². The zero-order valence-electron chi connectivity index (χ0n) is 22.7. The number of phenols is 2. The Hall–Kier alpha value is -4.60. The van der Waals surface area contributed by atoms with E-state index in [1.54, 1.807) is 26.0 Å². The van der Waals surface area contributed by atoms with Gasteiger partial charge in [0.1, 0.15) is 11.5 Å². The minimum Gasteiger partial charge on any atom is -0.507 e. The Labute approximate surface area is 232 Å². The van der Waals surface area contributed by atoms with Gasteiger partial charge in [-0.15, -0.1) is 0 Å². The van der Waals surface area contributed by atoms with E-state index in [0.717, 1.165) is 0 Å². The van der Waals surface area contributed by atoms with Crippen LogP contribution in [0.1, 0.15) is 71.4 Å². The van der Waals surface area contributed by atoms with Crippen molar-refractivity contribution in [2.45, 2.75) is 39.5 Å². The number of nitrogens with one attached hydrogen (secondary N) is 2. The number of hydrogen-bond acceptors (Lipinski definition) is 10. The maximum Gasteiger partial charge on any atom is 0.333 e. The minimum absolute atomic E-state index is 0.0903. The molecule has 0 aromatic heterocycles. The number of rotatable bonds is 14. The van der Waals surface area contributed by atoms with Gasteiger partial charge < -0.3 is 30.3 Å². The van der Waals surface area contributed by atoms with Crippen molar-refractivity contribution >= 4 is 34.9 Å². The minimum atomic E-state index is -0.591. The summed E-state index contributed by atoms with van der Waals surface area (Å²) in [5, 5.41) is 27.1. The summed E-state index contributed by atoms with van der Waals surface area (Å²) in [6.45, 7) is 11.5. The summed E-state index contributed by atoms with van der Waals surface area (Å²) in [5.41, 5.74) is 1.13. The van der Waals surface area contributed by atoms with E-state index < -0.39 is 35.0 Å². The molecule has 3 rings (SSSR count). The molecule has 0 aliphatic heterocycles. The van der Waals surface area contributed by atoms with E-state index in [4.69, 9.17) is 9.47 Å². The van der Waals surface area contributed by atoms with Gasteiger partial charge in [-0.3, -0.25) is 9.59 Å². The number of ether oxygens (including phenoxy) is 2. The number of hydrogen-bond donors (Lipinski definition) is 4. The summed E-state index contributed by atoms with van der Waals surface area (Å²) in [5.74, 6) is -2.89. The molecule has 4 N–H and O–H groups in total. The molecule has 10 heteroatoms. The number of aromatic hydroxyl groups is 2. The zero-order valence-corrected chi connectivity index (χ0v) is 22.7. The third-order valence-corrected chi connectivity index (χ3v) is 6.21. The van der Waals surface area contributed by atoms with Crippen LogP contribution in [0.5, 0.6) is 11.5 Å². The second-order valence-corrected chi connectivity index (χ2v) is 9.52. The molecule has 0 saturated heterocycles. The fraction of sp³-hybridized carbons (Fsp3) is 0.333. The van der Waals surface area contributed by atoms with Gasteiger partial charge >= 0.3 is 11.9 Å². The molecule has 2 aromatic carbocycles. The fourth-order valence-electron chi connectivity index (χ4n) is 4.14. The van der Waals surface area contributed by atoms with Crippen LogP contribution in [0.15, 0.2) is 48.6 Å². The molecule has 40 heavy (non-hydrogen) atoms. The molecule has 0 bridgehead atoms. The quantitative estimate of drug-likeness (QED) is 0.0977. The van der Waals surface area contributed by atoms with Gasteiger partial charge in [-0.1, -0.05) is 13.2 Å². The lowest BCUT2D eigenvalue weighted by Crippen LogP contribution is -2.25. The van der Waals surface area contributed by atoms with Crippen LogP contribution in [0.25, 0.3) is 0 Å². The highest BCUT2D eigenvalue weighted by Gasteiger charge is 2.37. The van der Waals surface area contributed by atoms with Gasteiger partial charge in [0.15, 0.2) is 0 Å². The molecule has 2 aromatic rings. The molecule has 10 nitrogen and oxygen atoms in total. The summed E-state index contributed by atoms with van der Waals surface area (Å²) in [6.07, 6.45) is 2.36. The van der Waals surface area contributed by atoms with Crippen LogP contribution in [0.2, 0.25) is 0 Å². The lowest BCUT2D eigenvalue weighted by Gasteiger charge is -2.25. The number of esters is 2. The van der Waals surface area contributed by atoms with Crippen molar-refractivity contribution in [1.29, 1.82) is 0 Å². The number of unbranched alkanes of at least 4 members (excludes halogenated alkanes) is 2. The first-order valence-corrected chi connectivity index (χ1v) is 13.0. The van der Waals surface area contributed by atoms with Gasteiger partial charge in [0, 0.05) is 35.6 Å². The standard InChI is InChI=1S/C30H34N2O8/c1-17(2)29(37)39-15-7-5-13-31-19-9-10-20(32-14-6-8-16-40-30(38)18(3)4)24-23(19)27(35)25-21(33)11-12-22(34)26(25)28(24)36/h9-12,31-34H,1,3,5-8,13-16H2,2,4H3. The highest BCUT2D eigenvalue weighted by Crippen LogP contribution is 2.42. The topological polar surface area (TPSA) is 151 Å². The number of phenolic OH excluding ortho intramolecular Hbond substituents is 2. The number of anilines is 2. The Balaban J connectivity index is 1.77. The van der Waals surface area contributed by atoms with Gasteiger partial charge in [0.2, 0.25) is 11.6 Å². The summed E-state index contributed by atoms with van der Waals surface area (Å²) >= 11 is 0. The van der Waals surface area contributed by atoms with Gasteiger partial charge in [-0.05, 0) is 63.8 Å². The van der Waals surface area contributed by atoms with E-state index in [0.29, 0.717) is 61.3 Å². The summed E-state index contributed by atoms with van der Waals surface area (Å²) in [7, 11) is 0. The average molecular weight is 551 g/mol.